The molecule has 0 bridgehead atoms. The molecular weight excluding hydrogens is 216 g/mol. The molecule has 1 amide bonds. The highest BCUT2D eigenvalue weighted by Gasteiger charge is 2.35. The zero-order valence-electron chi connectivity index (χ0n) is 6.95. The quantitative estimate of drug-likeness (QED) is 0.377. The maximum atomic E-state index is 10.6. The van der Waals surface area contributed by atoms with E-state index in [1.54, 1.807) is 0 Å². The van der Waals surface area contributed by atoms with Crippen molar-refractivity contribution in [2.75, 3.05) is 0 Å². The summed E-state index contributed by atoms with van der Waals surface area (Å²) in [5.41, 5.74) is 9.61. The van der Waals surface area contributed by atoms with Gasteiger partial charge in [0.05, 0.1) is 0 Å². The van der Waals surface area contributed by atoms with Crippen LogP contribution in [0.1, 0.15) is 6.42 Å². The summed E-state index contributed by atoms with van der Waals surface area (Å²) in [7, 11) is -4.71. The summed E-state index contributed by atoms with van der Waals surface area (Å²) in [6, 6.07) is -1.89. The van der Waals surface area contributed by atoms with E-state index >= 15 is 0 Å². The van der Waals surface area contributed by atoms with Gasteiger partial charge in [0, 0.05) is 6.42 Å². The first-order valence-electron chi connectivity index (χ1n) is 3.39. The van der Waals surface area contributed by atoms with Crippen molar-refractivity contribution in [2.45, 2.75) is 17.7 Å². The van der Waals surface area contributed by atoms with Crippen LogP contribution in [0.25, 0.3) is 0 Å². The Morgan fingerprint density at radius 1 is 1.36 bits per heavy atom. The van der Waals surface area contributed by atoms with Gasteiger partial charge in [0.2, 0.25) is 5.91 Å². The van der Waals surface area contributed by atoms with Crippen LogP contribution in [0.5, 0.6) is 0 Å². The summed E-state index contributed by atoms with van der Waals surface area (Å²) in [6.07, 6.45) is -0.841. The minimum atomic E-state index is -4.71. The third-order valence-electron chi connectivity index (χ3n) is 1.47. The normalized spacial score (nSPS) is 15.9. The highest BCUT2D eigenvalue weighted by atomic mass is 32.2. The zero-order chi connectivity index (χ0) is 11.5. The van der Waals surface area contributed by atoms with Gasteiger partial charge in [0.25, 0.3) is 10.1 Å². The van der Waals surface area contributed by atoms with Crippen molar-refractivity contribution in [2.24, 2.45) is 11.5 Å². The third kappa shape index (κ3) is 3.68. The van der Waals surface area contributed by atoms with Crippen LogP contribution < -0.4 is 11.5 Å². The first kappa shape index (κ1) is 12.8. The van der Waals surface area contributed by atoms with Gasteiger partial charge in [0.15, 0.2) is 0 Å². The molecule has 82 valence electrons. The summed E-state index contributed by atoms with van der Waals surface area (Å²) in [5, 5.41) is 6.46. The van der Waals surface area contributed by atoms with Crippen LogP contribution in [0.3, 0.4) is 0 Å². The summed E-state index contributed by atoms with van der Waals surface area (Å²) < 4.78 is 29.8. The predicted molar refractivity (Wildman–Crippen MR) is 44.8 cm³/mol. The summed E-state index contributed by atoms with van der Waals surface area (Å²) in [6.45, 7) is 0. The number of carboxylic acid groups (broad SMARTS) is 1. The van der Waals surface area contributed by atoms with Crippen molar-refractivity contribution >= 4 is 22.0 Å². The van der Waals surface area contributed by atoms with E-state index in [2.05, 4.69) is 5.73 Å². The molecule has 0 unspecified atom stereocenters. The van der Waals surface area contributed by atoms with Gasteiger partial charge < -0.3 is 16.6 Å². The van der Waals surface area contributed by atoms with Crippen LogP contribution in [0.2, 0.25) is 0 Å². The largest absolute Gasteiger partial charge is 0.480 e. The number of aliphatic carboxylic acids is 1. The lowest BCUT2D eigenvalue weighted by atomic mass is 10.1. The van der Waals surface area contributed by atoms with E-state index in [-0.39, 0.29) is 0 Å². The molecule has 0 aliphatic carbocycles. The number of carbonyl (C=O) groups excluding carboxylic acids is 1. The molecule has 0 fully saturated rings. The molecule has 6 N–H and O–H groups in total. The Bertz CT molecular complexity index is 336. The Hall–Kier alpha value is -1.19. The second-order valence-electron chi connectivity index (χ2n) is 2.59. The van der Waals surface area contributed by atoms with Gasteiger partial charge in [-0.2, -0.15) is 8.42 Å². The van der Waals surface area contributed by atoms with Crippen LogP contribution in [-0.2, 0) is 19.7 Å². The van der Waals surface area contributed by atoms with Crippen molar-refractivity contribution < 1.29 is 27.7 Å². The molecule has 0 aliphatic heterocycles. The molecule has 8 nitrogen and oxygen atoms in total. The fraction of sp³-hybridized carbons (Fsp3) is 0.600. The van der Waals surface area contributed by atoms with Gasteiger partial charge in [-0.15, -0.1) is 0 Å². The predicted octanol–water partition coefficient (Wildman–Crippen LogP) is -2.47. The lowest BCUT2D eigenvalue weighted by molar-refractivity contribution is -0.138. The summed E-state index contributed by atoms with van der Waals surface area (Å²) in [4.78, 5) is 20.7. The van der Waals surface area contributed by atoms with Crippen LogP contribution in [0, 0.1) is 0 Å². The van der Waals surface area contributed by atoms with Crippen molar-refractivity contribution in [1.29, 1.82) is 0 Å². The number of amides is 1. The van der Waals surface area contributed by atoms with E-state index in [4.69, 9.17) is 15.4 Å². The second-order valence-corrected chi connectivity index (χ2v) is 4.22. The smallest absolute Gasteiger partial charge is 0.321 e. The Labute approximate surface area is 79.6 Å². The topological polar surface area (TPSA) is 161 Å². The molecule has 0 saturated heterocycles. The first-order valence-corrected chi connectivity index (χ1v) is 4.89. The number of rotatable bonds is 5. The van der Waals surface area contributed by atoms with E-state index in [1.165, 1.54) is 0 Å². The van der Waals surface area contributed by atoms with Crippen LogP contribution in [0.15, 0.2) is 0 Å². The molecule has 14 heavy (non-hydrogen) atoms. The number of carbonyl (C=O) groups is 2. The third-order valence-corrected chi connectivity index (χ3v) is 2.70. The standard InChI is InChI=1S/C5H10N2O6S/c6-3(8)1-2(14(11,12)13)4(7)5(9)10/h2,4H,1,7H2,(H2,6,8)(H,9,10)(H,11,12,13)/t2-,4-/m1/s1. The Morgan fingerprint density at radius 3 is 2.00 bits per heavy atom. The van der Waals surface area contributed by atoms with Gasteiger partial charge in [-0.3, -0.25) is 14.1 Å². The molecule has 2 atom stereocenters. The Kier molecular flexibility index (Phi) is 3.98. The molecule has 0 spiro atoms. The highest BCUT2D eigenvalue weighted by molar-refractivity contribution is 7.86. The maximum Gasteiger partial charge on any atom is 0.321 e. The van der Waals surface area contributed by atoms with Crippen molar-refractivity contribution in [3.8, 4) is 0 Å². The molecule has 0 aromatic rings. The number of hydrogen-bond donors (Lipinski definition) is 4. The lowest BCUT2D eigenvalue weighted by Crippen LogP contribution is -2.47. The van der Waals surface area contributed by atoms with Crippen LogP contribution >= 0.6 is 0 Å². The van der Waals surface area contributed by atoms with Gasteiger partial charge in [-0.25, -0.2) is 0 Å². The highest BCUT2D eigenvalue weighted by Crippen LogP contribution is 2.08. The van der Waals surface area contributed by atoms with E-state index < -0.39 is 39.7 Å². The first-order chi connectivity index (χ1) is 6.16. The molecule has 9 heteroatoms. The molecule has 0 aliphatic rings. The van der Waals surface area contributed by atoms with Crippen LogP contribution in [0.4, 0.5) is 0 Å². The minimum Gasteiger partial charge on any atom is -0.480 e. The molecule has 0 rings (SSSR count). The molecule has 0 saturated carbocycles. The number of carboxylic acids is 1. The fourth-order valence-electron chi connectivity index (χ4n) is 0.775. The van der Waals surface area contributed by atoms with Crippen LogP contribution in [-0.4, -0.2) is 41.2 Å². The molecular formula is C5H10N2O6S. The van der Waals surface area contributed by atoms with E-state index in [1.807, 2.05) is 0 Å². The fourth-order valence-corrected chi connectivity index (χ4v) is 1.64. The Morgan fingerprint density at radius 2 is 1.79 bits per heavy atom. The summed E-state index contributed by atoms with van der Waals surface area (Å²) >= 11 is 0. The second kappa shape index (κ2) is 4.35. The van der Waals surface area contributed by atoms with Crippen molar-refractivity contribution in [3.05, 3.63) is 0 Å². The molecule has 0 heterocycles. The van der Waals surface area contributed by atoms with Gasteiger partial charge in [-0.1, -0.05) is 0 Å². The molecule has 0 aromatic heterocycles. The molecule has 0 radical (unpaired) electrons. The average Bonchev–Trinajstić information content (AvgIpc) is 1.96. The zero-order valence-corrected chi connectivity index (χ0v) is 7.77. The Balaban J connectivity index is 4.92. The van der Waals surface area contributed by atoms with Gasteiger partial charge in [0.1, 0.15) is 11.3 Å². The van der Waals surface area contributed by atoms with Crippen molar-refractivity contribution in [1.82, 2.24) is 0 Å². The number of primary amides is 1. The average molecular weight is 226 g/mol. The molecule has 0 aromatic carbocycles. The maximum absolute atomic E-state index is 10.6. The monoisotopic (exact) mass is 226 g/mol. The lowest BCUT2D eigenvalue weighted by Gasteiger charge is -2.15. The van der Waals surface area contributed by atoms with E-state index in [0.29, 0.717) is 0 Å². The summed E-state index contributed by atoms with van der Waals surface area (Å²) in [5.74, 6) is -2.71. The van der Waals surface area contributed by atoms with Crippen molar-refractivity contribution in [3.63, 3.8) is 0 Å². The van der Waals surface area contributed by atoms with E-state index in [9.17, 15) is 18.0 Å². The number of hydrogen-bond acceptors (Lipinski definition) is 5. The van der Waals surface area contributed by atoms with E-state index in [0.717, 1.165) is 0 Å². The van der Waals surface area contributed by atoms with Gasteiger partial charge in [-0.05, 0) is 0 Å². The minimum absolute atomic E-state index is 0.841. The number of nitrogens with two attached hydrogens (primary N) is 2. The van der Waals surface area contributed by atoms with Gasteiger partial charge >= 0.3 is 5.97 Å². The SMILES string of the molecule is NC(=O)C[C@H]([C@@H](N)C(=O)O)S(=O)(=O)O.